The van der Waals surface area contributed by atoms with Crippen molar-refractivity contribution in [1.82, 2.24) is 10.2 Å². The lowest BCUT2D eigenvalue weighted by Gasteiger charge is -2.25. The quantitative estimate of drug-likeness (QED) is 0.685. The monoisotopic (exact) mass is 243 g/mol. The Morgan fingerprint density at radius 1 is 1.50 bits per heavy atom. The van der Waals surface area contributed by atoms with Gasteiger partial charge in [0.2, 0.25) is 0 Å². The highest BCUT2D eigenvalue weighted by molar-refractivity contribution is 7.80. The number of hydrogen-bond acceptors (Lipinski definition) is 3. The Bertz CT molecular complexity index is 238. The summed E-state index contributed by atoms with van der Waals surface area (Å²) in [5.74, 6) is 0.554. The molecule has 4 nitrogen and oxygen atoms in total. The van der Waals surface area contributed by atoms with Gasteiger partial charge in [-0.25, -0.2) is 0 Å². The predicted octanol–water partition coefficient (Wildman–Crippen LogP) is 1.38. The standard InChI is InChI=1S/C11H21N3OS/c1-10(2)9-13-11(16)14(6-4-5-12)7-8-15-3/h10H,4,6-9H2,1-3H3,(H,13,16). The van der Waals surface area contributed by atoms with E-state index in [0.717, 1.165) is 13.1 Å². The van der Waals surface area contributed by atoms with E-state index in [1.807, 2.05) is 4.90 Å². The predicted molar refractivity (Wildman–Crippen MR) is 69.1 cm³/mol. The highest BCUT2D eigenvalue weighted by Gasteiger charge is 2.08. The van der Waals surface area contributed by atoms with E-state index < -0.39 is 0 Å². The van der Waals surface area contributed by atoms with Crippen LogP contribution in [0, 0.1) is 17.2 Å². The molecule has 92 valence electrons. The SMILES string of the molecule is COCCN(CCC#N)C(=S)NCC(C)C. The molecule has 0 heterocycles. The Hall–Kier alpha value is -0.860. The first kappa shape index (κ1) is 15.1. The fourth-order valence-corrected chi connectivity index (χ4v) is 1.37. The lowest BCUT2D eigenvalue weighted by molar-refractivity contribution is 0.176. The van der Waals surface area contributed by atoms with Crippen LogP contribution >= 0.6 is 12.2 Å². The Labute approximate surface area is 104 Å². The van der Waals surface area contributed by atoms with E-state index in [-0.39, 0.29) is 0 Å². The molecule has 0 aliphatic carbocycles. The Balaban J connectivity index is 4.04. The molecule has 0 atom stereocenters. The molecular weight excluding hydrogens is 222 g/mol. The van der Waals surface area contributed by atoms with E-state index in [2.05, 4.69) is 25.2 Å². The van der Waals surface area contributed by atoms with Gasteiger partial charge in [-0.05, 0) is 18.1 Å². The zero-order chi connectivity index (χ0) is 12.4. The van der Waals surface area contributed by atoms with Gasteiger partial charge >= 0.3 is 0 Å². The van der Waals surface area contributed by atoms with Crippen molar-refractivity contribution in [2.24, 2.45) is 5.92 Å². The zero-order valence-electron chi connectivity index (χ0n) is 10.3. The molecular formula is C11H21N3OS. The molecule has 0 fully saturated rings. The third-order valence-electron chi connectivity index (χ3n) is 2.01. The summed E-state index contributed by atoms with van der Waals surface area (Å²) >= 11 is 5.27. The number of methoxy groups -OCH3 is 1. The van der Waals surface area contributed by atoms with E-state index in [1.165, 1.54) is 0 Å². The van der Waals surface area contributed by atoms with Gasteiger partial charge in [0.25, 0.3) is 0 Å². The normalized spacial score (nSPS) is 9.94. The first-order valence-electron chi connectivity index (χ1n) is 5.50. The van der Waals surface area contributed by atoms with Gasteiger partial charge in [-0.3, -0.25) is 0 Å². The van der Waals surface area contributed by atoms with Gasteiger partial charge in [0.15, 0.2) is 5.11 Å². The third kappa shape index (κ3) is 7.43. The molecule has 1 N–H and O–H groups in total. The van der Waals surface area contributed by atoms with Crippen molar-refractivity contribution in [3.8, 4) is 6.07 Å². The van der Waals surface area contributed by atoms with Gasteiger partial charge in [-0.2, -0.15) is 5.26 Å². The fourth-order valence-electron chi connectivity index (χ4n) is 1.10. The van der Waals surface area contributed by atoms with Crippen LogP contribution in [0.1, 0.15) is 20.3 Å². The Morgan fingerprint density at radius 3 is 2.69 bits per heavy atom. The molecule has 5 heteroatoms. The van der Waals surface area contributed by atoms with Gasteiger partial charge in [0.1, 0.15) is 0 Å². The Kier molecular flexibility index (Phi) is 8.87. The summed E-state index contributed by atoms with van der Waals surface area (Å²) in [6, 6.07) is 2.12. The number of nitrogens with zero attached hydrogens (tertiary/aromatic N) is 2. The van der Waals surface area contributed by atoms with Crippen molar-refractivity contribution in [3.05, 3.63) is 0 Å². The molecule has 16 heavy (non-hydrogen) atoms. The van der Waals surface area contributed by atoms with Crippen molar-refractivity contribution in [2.75, 3.05) is 33.4 Å². The minimum absolute atomic E-state index is 0.479. The topological polar surface area (TPSA) is 48.3 Å². The average molecular weight is 243 g/mol. The van der Waals surface area contributed by atoms with E-state index >= 15 is 0 Å². The van der Waals surface area contributed by atoms with Gasteiger partial charge in [0.05, 0.1) is 19.1 Å². The smallest absolute Gasteiger partial charge is 0.169 e. The fraction of sp³-hybridized carbons (Fsp3) is 0.818. The molecule has 0 bridgehead atoms. The second-order valence-electron chi connectivity index (χ2n) is 3.97. The van der Waals surface area contributed by atoms with Crippen LogP contribution in [0.15, 0.2) is 0 Å². The van der Waals surface area contributed by atoms with Crippen molar-refractivity contribution >= 4 is 17.3 Å². The maximum Gasteiger partial charge on any atom is 0.169 e. The van der Waals surface area contributed by atoms with Crippen LogP contribution in [0.25, 0.3) is 0 Å². The molecule has 0 spiro atoms. The third-order valence-corrected chi connectivity index (χ3v) is 2.41. The van der Waals surface area contributed by atoms with Crippen LogP contribution in [0.3, 0.4) is 0 Å². The van der Waals surface area contributed by atoms with E-state index in [9.17, 15) is 0 Å². The first-order chi connectivity index (χ1) is 7.61. The maximum atomic E-state index is 8.57. The highest BCUT2D eigenvalue weighted by atomic mass is 32.1. The van der Waals surface area contributed by atoms with Crippen molar-refractivity contribution in [3.63, 3.8) is 0 Å². The summed E-state index contributed by atoms with van der Waals surface area (Å²) in [5, 5.41) is 12.5. The van der Waals surface area contributed by atoms with Gasteiger partial charge in [-0.15, -0.1) is 0 Å². The summed E-state index contributed by atoms with van der Waals surface area (Å²) in [4.78, 5) is 1.98. The average Bonchev–Trinajstić information content (AvgIpc) is 2.26. The van der Waals surface area contributed by atoms with E-state index in [4.69, 9.17) is 22.2 Å². The van der Waals surface area contributed by atoms with Gasteiger partial charge in [-0.1, -0.05) is 13.8 Å². The highest BCUT2D eigenvalue weighted by Crippen LogP contribution is 1.95. The Morgan fingerprint density at radius 2 is 2.19 bits per heavy atom. The minimum atomic E-state index is 0.479. The van der Waals surface area contributed by atoms with Gasteiger partial charge < -0.3 is 15.0 Å². The van der Waals surface area contributed by atoms with E-state index in [1.54, 1.807) is 7.11 Å². The molecule has 0 aromatic carbocycles. The van der Waals surface area contributed by atoms with Crippen LogP contribution < -0.4 is 5.32 Å². The number of rotatable bonds is 7. The van der Waals surface area contributed by atoms with Crippen molar-refractivity contribution in [1.29, 1.82) is 5.26 Å². The number of nitriles is 1. The number of hydrogen-bond donors (Lipinski definition) is 1. The summed E-state index contributed by atoms with van der Waals surface area (Å²) in [6.45, 7) is 7.12. The molecule has 0 saturated heterocycles. The van der Waals surface area contributed by atoms with Gasteiger partial charge in [0, 0.05) is 26.7 Å². The molecule has 0 saturated carbocycles. The van der Waals surface area contributed by atoms with Crippen LogP contribution in [-0.4, -0.2) is 43.4 Å². The van der Waals surface area contributed by atoms with Crippen LogP contribution in [0.5, 0.6) is 0 Å². The summed E-state index contributed by atoms with van der Waals surface area (Å²) in [7, 11) is 1.66. The number of nitrogens with one attached hydrogen (secondary N) is 1. The zero-order valence-corrected chi connectivity index (χ0v) is 11.1. The van der Waals surface area contributed by atoms with Crippen LogP contribution in [-0.2, 0) is 4.74 Å². The van der Waals surface area contributed by atoms with E-state index in [0.29, 0.717) is 30.6 Å². The summed E-state index contributed by atoms with van der Waals surface area (Å²) in [6.07, 6.45) is 0.479. The second kappa shape index (κ2) is 9.37. The van der Waals surface area contributed by atoms with Crippen molar-refractivity contribution in [2.45, 2.75) is 20.3 Å². The molecule has 0 unspecified atom stereocenters. The largest absolute Gasteiger partial charge is 0.383 e. The molecule has 0 radical (unpaired) electrons. The second-order valence-corrected chi connectivity index (χ2v) is 4.35. The van der Waals surface area contributed by atoms with Crippen LogP contribution in [0.2, 0.25) is 0 Å². The van der Waals surface area contributed by atoms with Crippen LogP contribution in [0.4, 0.5) is 0 Å². The molecule has 0 aliphatic heterocycles. The summed E-state index contributed by atoms with van der Waals surface area (Å²) < 4.78 is 5.02. The van der Waals surface area contributed by atoms with Crippen molar-refractivity contribution < 1.29 is 4.74 Å². The lowest BCUT2D eigenvalue weighted by atomic mass is 10.2. The molecule has 0 aromatic rings. The number of thiocarbonyl (C=S) groups is 1. The molecule has 0 aromatic heterocycles. The number of ether oxygens (including phenoxy) is 1. The maximum absolute atomic E-state index is 8.57. The molecule has 0 rings (SSSR count). The first-order valence-corrected chi connectivity index (χ1v) is 5.91. The summed E-state index contributed by atoms with van der Waals surface area (Å²) in [5.41, 5.74) is 0. The lowest BCUT2D eigenvalue weighted by Crippen LogP contribution is -2.43. The molecule has 0 aliphatic rings. The molecule has 0 amide bonds. The minimum Gasteiger partial charge on any atom is -0.383 e.